The topological polar surface area (TPSA) is 35.5 Å². The van der Waals surface area contributed by atoms with Crippen LogP contribution in [-0.4, -0.2) is 25.3 Å². The number of hydrogen-bond donors (Lipinski definition) is 0. The molecular formula is C19H24O3. The van der Waals surface area contributed by atoms with Crippen molar-refractivity contribution in [3.05, 3.63) is 35.4 Å². The van der Waals surface area contributed by atoms with Crippen LogP contribution in [0.3, 0.4) is 0 Å². The largest absolute Gasteiger partial charge is 0.348 e. The number of hydrogen-bond acceptors (Lipinski definition) is 3. The van der Waals surface area contributed by atoms with Crippen LogP contribution in [0.5, 0.6) is 0 Å². The molecule has 0 aromatic heterocycles. The van der Waals surface area contributed by atoms with Crippen LogP contribution in [0.1, 0.15) is 43.7 Å². The lowest BCUT2D eigenvalue weighted by Gasteiger charge is -2.31. The van der Waals surface area contributed by atoms with Crippen molar-refractivity contribution < 1.29 is 14.3 Å². The third-order valence-corrected chi connectivity index (χ3v) is 4.43. The van der Waals surface area contributed by atoms with Gasteiger partial charge < -0.3 is 14.3 Å². The zero-order chi connectivity index (χ0) is 16.1. The quantitative estimate of drug-likeness (QED) is 0.572. The fourth-order valence-electron chi connectivity index (χ4n) is 2.90. The molecule has 0 N–H and O–H groups in total. The lowest BCUT2D eigenvalue weighted by atomic mass is 9.78. The molecule has 1 atom stereocenters. The van der Waals surface area contributed by atoms with Gasteiger partial charge in [-0.2, -0.15) is 0 Å². The molecule has 0 aliphatic carbocycles. The molecule has 0 saturated carbocycles. The van der Waals surface area contributed by atoms with E-state index in [9.17, 15) is 4.79 Å². The van der Waals surface area contributed by atoms with Crippen molar-refractivity contribution >= 4 is 6.29 Å². The van der Waals surface area contributed by atoms with E-state index in [1.807, 2.05) is 32.0 Å². The minimum atomic E-state index is -0.625. The van der Waals surface area contributed by atoms with Crippen molar-refractivity contribution in [1.29, 1.82) is 0 Å². The normalized spacial score (nSPS) is 19.3. The third-order valence-electron chi connectivity index (χ3n) is 4.43. The number of carbonyl (C=O) groups excluding carboxylic acids is 1. The third kappa shape index (κ3) is 3.76. The molecule has 2 rings (SSSR count). The highest BCUT2D eigenvalue weighted by atomic mass is 16.7. The van der Waals surface area contributed by atoms with Gasteiger partial charge in [0.1, 0.15) is 6.29 Å². The van der Waals surface area contributed by atoms with E-state index in [1.165, 1.54) is 0 Å². The van der Waals surface area contributed by atoms with E-state index >= 15 is 0 Å². The van der Waals surface area contributed by atoms with E-state index < -0.39 is 11.2 Å². The van der Waals surface area contributed by atoms with Crippen LogP contribution in [0.4, 0.5) is 0 Å². The maximum Gasteiger partial charge on any atom is 0.169 e. The molecule has 0 amide bonds. The lowest BCUT2D eigenvalue weighted by Crippen LogP contribution is -2.34. The van der Waals surface area contributed by atoms with Crippen LogP contribution in [0, 0.1) is 19.3 Å². The van der Waals surface area contributed by atoms with E-state index in [0.717, 1.165) is 17.4 Å². The molecule has 0 radical (unpaired) electrons. The van der Waals surface area contributed by atoms with Gasteiger partial charge in [0.15, 0.2) is 5.79 Å². The van der Waals surface area contributed by atoms with Crippen LogP contribution in [-0.2, 0) is 19.7 Å². The van der Waals surface area contributed by atoms with Gasteiger partial charge >= 0.3 is 0 Å². The number of aryl methyl sites for hydroxylation is 1. The fourth-order valence-corrected chi connectivity index (χ4v) is 2.90. The molecule has 0 bridgehead atoms. The minimum absolute atomic E-state index is 0.537. The Bertz CT molecular complexity index is 552. The molecule has 3 heteroatoms. The number of ether oxygens (including phenoxy) is 2. The van der Waals surface area contributed by atoms with Crippen LogP contribution in [0.25, 0.3) is 0 Å². The summed E-state index contributed by atoms with van der Waals surface area (Å²) in [6.07, 6.45) is 9.02. The first-order chi connectivity index (χ1) is 10.5. The molecule has 1 unspecified atom stereocenters. The van der Waals surface area contributed by atoms with Crippen molar-refractivity contribution in [2.45, 2.75) is 50.7 Å². The average Bonchev–Trinajstić information content (AvgIpc) is 3.00. The van der Waals surface area contributed by atoms with Gasteiger partial charge in [-0.15, -0.1) is 12.3 Å². The number of carbonyl (C=O) groups is 1. The summed E-state index contributed by atoms with van der Waals surface area (Å²) < 4.78 is 11.6. The second-order valence-corrected chi connectivity index (χ2v) is 6.22. The molecule has 1 aromatic carbocycles. The maximum atomic E-state index is 11.7. The first kappa shape index (κ1) is 16.7. The highest BCUT2D eigenvalue weighted by Crippen LogP contribution is 2.36. The summed E-state index contributed by atoms with van der Waals surface area (Å²) in [5.74, 6) is 2.02. The standard InChI is InChI=1S/C19H24O3/c1-4-5-9-19(21-12-13-22-19)11-10-18(3,15-20)17-8-6-7-16(2)14-17/h1,6-8,14-15H,5,9-13H2,2-3H3. The summed E-state index contributed by atoms with van der Waals surface area (Å²) in [7, 11) is 0. The van der Waals surface area contributed by atoms with Gasteiger partial charge in [-0.3, -0.25) is 0 Å². The van der Waals surface area contributed by atoms with Crippen molar-refractivity contribution in [3.8, 4) is 12.3 Å². The van der Waals surface area contributed by atoms with Crippen molar-refractivity contribution in [2.75, 3.05) is 13.2 Å². The monoisotopic (exact) mass is 300 g/mol. The van der Waals surface area contributed by atoms with Crippen LogP contribution >= 0.6 is 0 Å². The summed E-state index contributed by atoms with van der Waals surface area (Å²) in [6.45, 7) is 5.19. The molecule has 1 saturated heterocycles. The Labute approximate surface area is 133 Å². The van der Waals surface area contributed by atoms with Crippen LogP contribution in [0.15, 0.2) is 24.3 Å². The van der Waals surface area contributed by atoms with Crippen molar-refractivity contribution in [2.24, 2.45) is 0 Å². The van der Waals surface area contributed by atoms with E-state index in [2.05, 4.69) is 12.0 Å². The number of benzene rings is 1. The summed E-state index contributed by atoms with van der Waals surface area (Å²) in [6, 6.07) is 8.10. The second-order valence-electron chi connectivity index (χ2n) is 6.22. The Hall–Kier alpha value is -1.63. The first-order valence-electron chi connectivity index (χ1n) is 7.78. The van der Waals surface area contributed by atoms with Gasteiger partial charge in [0.05, 0.1) is 13.2 Å². The first-order valence-corrected chi connectivity index (χ1v) is 7.78. The molecule has 0 spiro atoms. The Morgan fingerprint density at radius 2 is 2.09 bits per heavy atom. The van der Waals surface area contributed by atoms with Crippen molar-refractivity contribution in [3.63, 3.8) is 0 Å². The highest BCUT2D eigenvalue weighted by molar-refractivity contribution is 5.68. The summed E-state index contributed by atoms with van der Waals surface area (Å²) >= 11 is 0. The molecule has 22 heavy (non-hydrogen) atoms. The molecule has 1 aliphatic heterocycles. The Morgan fingerprint density at radius 1 is 1.36 bits per heavy atom. The van der Waals surface area contributed by atoms with Gasteiger partial charge in [-0.25, -0.2) is 0 Å². The SMILES string of the molecule is C#CCCC1(CCC(C)(C=O)c2cccc(C)c2)OCCO1. The number of rotatable bonds is 7. The highest BCUT2D eigenvalue weighted by Gasteiger charge is 2.38. The molecule has 1 heterocycles. The van der Waals surface area contributed by atoms with E-state index in [0.29, 0.717) is 38.9 Å². The summed E-state index contributed by atoms with van der Waals surface area (Å²) in [4.78, 5) is 11.7. The van der Waals surface area contributed by atoms with Gasteiger partial charge in [-0.05, 0) is 25.8 Å². The minimum Gasteiger partial charge on any atom is -0.348 e. The molecule has 1 aromatic rings. The van der Waals surface area contributed by atoms with E-state index in [1.54, 1.807) is 0 Å². The van der Waals surface area contributed by atoms with Crippen LogP contribution in [0.2, 0.25) is 0 Å². The Kier molecular flexibility index (Phi) is 5.39. The number of terminal acetylenes is 1. The Morgan fingerprint density at radius 3 is 2.68 bits per heavy atom. The zero-order valence-corrected chi connectivity index (χ0v) is 13.4. The molecule has 118 valence electrons. The Balaban J connectivity index is 2.12. The summed E-state index contributed by atoms with van der Waals surface area (Å²) in [5.41, 5.74) is 1.65. The fraction of sp³-hybridized carbons (Fsp3) is 0.526. The smallest absolute Gasteiger partial charge is 0.169 e. The predicted molar refractivity (Wildman–Crippen MR) is 86.5 cm³/mol. The second kappa shape index (κ2) is 7.09. The van der Waals surface area contributed by atoms with E-state index in [4.69, 9.17) is 15.9 Å². The van der Waals surface area contributed by atoms with Gasteiger partial charge in [0.2, 0.25) is 0 Å². The average molecular weight is 300 g/mol. The van der Waals surface area contributed by atoms with E-state index in [-0.39, 0.29) is 0 Å². The molecular weight excluding hydrogens is 276 g/mol. The van der Waals surface area contributed by atoms with Gasteiger partial charge in [0.25, 0.3) is 0 Å². The maximum absolute atomic E-state index is 11.7. The van der Waals surface area contributed by atoms with Crippen LogP contribution < -0.4 is 0 Å². The molecule has 1 fully saturated rings. The molecule has 1 aliphatic rings. The zero-order valence-electron chi connectivity index (χ0n) is 13.4. The van der Waals surface area contributed by atoms with Crippen molar-refractivity contribution in [1.82, 2.24) is 0 Å². The van der Waals surface area contributed by atoms with Gasteiger partial charge in [0, 0.05) is 24.7 Å². The number of aldehydes is 1. The van der Waals surface area contributed by atoms with Gasteiger partial charge in [-0.1, -0.05) is 29.8 Å². The molecule has 3 nitrogen and oxygen atoms in total. The summed E-state index contributed by atoms with van der Waals surface area (Å²) in [5, 5.41) is 0. The predicted octanol–water partition coefficient (Wildman–Crippen LogP) is 3.39. The lowest BCUT2D eigenvalue weighted by molar-refractivity contribution is -0.168.